The summed E-state index contributed by atoms with van der Waals surface area (Å²) in [6.45, 7) is 10.8. The third-order valence-corrected chi connectivity index (χ3v) is 3.76. The van der Waals surface area contributed by atoms with Gasteiger partial charge in [-0.3, -0.25) is 0 Å². The molecule has 0 amide bonds. The van der Waals surface area contributed by atoms with E-state index in [1.54, 1.807) is 6.33 Å². The molecule has 2 rings (SSSR count). The normalized spacial score (nSPS) is 16.2. The van der Waals surface area contributed by atoms with Crippen molar-refractivity contribution in [2.45, 2.75) is 40.2 Å². The number of anilines is 1. The van der Waals surface area contributed by atoms with E-state index in [-0.39, 0.29) is 0 Å². The minimum Gasteiger partial charge on any atom is -0.356 e. The molecule has 18 heavy (non-hydrogen) atoms. The topological polar surface area (TPSA) is 41.1 Å². The van der Waals surface area contributed by atoms with Gasteiger partial charge in [0.05, 0.1) is 5.69 Å². The van der Waals surface area contributed by atoms with Crippen LogP contribution in [0.3, 0.4) is 0 Å². The van der Waals surface area contributed by atoms with Crippen molar-refractivity contribution in [1.29, 1.82) is 0 Å². The van der Waals surface area contributed by atoms with Crippen LogP contribution in [0.5, 0.6) is 0 Å². The van der Waals surface area contributed by atoms with Crippen LogP contribution >= 0.6 is 0 Å². The number of nitrogens with zero attached hydrogens (tertiary/aromatic N) is 3. The van der Waals surface area contributed by atoms with Crippen molar-refractivity contribution in [3.8, 4) is 0 Å². The summed E-state index contributed by atoms with van der Waals surface area (Å²) in [7, 11) is 0. The van der Waals surface area contributed by atoms with E-state index in [9.17, 15) is 0 Å². The van der Waals surface area contributed by atoms with Gasteiger partial charge >= 0.3 is 0 Å². The van der Waals surface area contributed by atoms with Crippen LogP contribution in [0.25, 0.3) is 0 Å². The molecule has 4 heteroatoms. The molecule has 0 saturated carbocycles. The molecular weight excluding hydrogens is 224 g/mol. The number of hydrogen-bond acceptors (Lipinski definition) is 4. The molecule has 2 heterocycles. The van der Waals surface area contributed by atoms with E-state index in [1.807, 2.05) is 0 Å². The quantitative estimate of drug-likeness (QED) is 0.865. The SMILES string of the molecule is CCC(C)CN(CC)c1ncnc2c1CNCC2. The first-order valence-corrected chi connectivity index (χ1v) is 7.04. The molecule has 0 bridgehead atoms. The molecule has 4 nitrogen and oxygen atoms in total. The number of rotatable bonds is 5. The van der Waals surface area contributed by atoms with Gasteiger partial charge in [-0.2, -0.15) is 0 Å². The fourth-order valence-corrected chi connectivity index (χ4v) is 2.40. The second kappa shape index (κ2) is 6.14. The average molecular weight is 248 g/mol. The Hall–Kier alpha value is -1.16. The van der Waals surface area contributed by atoms with E-state index in [4.69, 9.17) is 0 Å². The Bertz CT molecular complexity index is 391. The summed E-state index contributed by atoms with van der Waals surface area (Å²) in [6, 6.07) is 0. The number of nitrogens with one attached hydrogen (secondary N) is 1. The number of aromatic nitrogens is 2. The fraction of sp³-hybridized carbons (Fsp3) is 0.714. The lowest BCUT2D eigenvalue weighted by Crippen LogP contribution is -2.33. The number of fused-ring (bicyclic) bond motifs is 1. The van der Waals surface area contributed by atoms with Crippen LogP contribution in [0, 0.1) is 5.92 Å². The molecule has 1 aliphatic heterocycles. The standard InChI is InChI=1S/C14H24N4/c1-4-11(3)9-18(5-2)14-12-8-15-7-6-13(12)16-10-17-14/h10-11,15H,4-9H2,1-3H3. The molecule has 0 saturated heterocycles. The van der Waals surface area contributed by atoms with E-state index in [2.05, 4.69) is 41.0 Å². The monoisotopic (exact) mass is 248 g/mol. The smallest absolute Gasteiger partial charge is 0.136 e. The Kier molecular flexibility index (Phi) is 4.53. The van der Waals surface area contributed by atoms with E-state index < -0.39 is 0 Å². The molecule has 0 radical (unpaired) electrons. The first kappa shape index (κ1) is 13.3. The van der Waals surface area contributed by atoms with Crippen LogP contribution in [0.15, 0.2) is 6.33 Å². The summed E-state index contributed by atoms with van der Waals surface area (Å²) in [5.41, 5.74) is 2.52. The van der Waals surface area contributed by atoms with Gasteiger partial charge in [-0.15, -0.1) is 0 Å². The van der Waals surface area contributed by atoms with Gasteiger partial charge in [-0.25, -0.2) is 9.97 Å². The van der Waals surface area contributed by atoms with E-state index in [0.717, 1.165) is 38.4 Å². The maximum atomic E-state index is 4.53. The minimum atomic E-state index is 0.701. The molecule has 1 aromatic rings. The van der Waals surface area contributed by atoms with E-state index >= 15 is 0 Å². The zero-order valence-corrected chi connectivity index (χ0v) is 11.7. The van der Waals surface area contributed by atoms with Crippen molar-refractivity contribution in [1.82, 2.24) is 15.3 Å². The first-order chi connectivity index (χ1) is 8.76. The lowest BCUT2D eigenvalue weighted by Gasteiger charge is -2.29. The third-order valence-electron chi connectivity index (χ3n) is 3.76. The highest BCUT2D eigenvalue weighted by Crippen LogP contribution is 2.23. The van der Waals surface area contributed by atoms with Gasteiger partial charge in [-0.1, -0.05) is 20.3 Å². The zero-order chi connectivity index (χ0) is 13.0. The summed E-state index contributed by atoms with van der Waals surface area (Å²) in [5.74, 6) is 1.84. The summed E-state index contributed by atoms with van der Waals surface area (Å²) < 4.78 is 0. The molecule has 0 fully saturated rings. The van der Waals surface area contributed by atoms with Gasteiger partial charge in [0.1, 0.15) is 12.1 Å². The Balaban J connectivity index is 2.24. The summed E-state index contributed by atoms with van der Waals surface area (Å²) in [6.07, 6.45) is 3.95. The lowest BCUT2D eigenvalue weighted by molar-refractivity contribution is 0.540. The Morgan fingerprint density at radius 3 is 2.94 bits per heavy atom. The highest BCUT2D eigenvalue weighted by molar-refractivity contribution is 5.49. The Morgan fingerprint density at radius 2 is 2.22 bits per heavy atom. The van der Waals surface area contributed by atoms with Gasteiger partial charge in [0.2, 0.25) is 0 Å². The average Bonchev–Trinajstić information content (AvgIpc) is 2.44. The molecule has 0 spiro atoms. The minimum absolute atomic E-state index is 0.701. The molecule has 100 valence electrons. The van der Waals surface area contributed by atoms with E-state index in [1.165, 1.54) is 17.7 Å². The maximum Gasteiger partial charge on any atom is 0.136 e. The second-order valence-corrected chi connectivity index (χ2v) is 5.10. The summed E-state index contributed by atoms with van der Waals surface area (Å²) in [4.78, 5) is 11.3. The lowest BCUT2D eigenvalue weighted by atomic mass is 10.1. The highest BCUT2D eigenvalue weighted by Gasteiger charge is 2.19. The first-order valence-electron chi connectivity index (χ1n) is 7.04. The van der Waals surface area contributed by atoms with Crippen molar-refractivity contribution in [3.63, 3.8) is 0 Å². The van der Waals surface area contributed by atoms with Gasteiger partial charge in [-0.05, 0) is 12.8 Å². The van der Waals surface area contributed by atoms with Crippen molar-refractivity contribution in [2.24, 2.45) is 5.92 Å². The predicted octanol–water partition coefficient (Wildman–Crippen LogP) is 1.99. The van der Waals surface area contributed by atoms with Gasteiger partial charge in [0, 0.05) is 38.2 Å². The van der Waals surface area contributed by atoms with Crippen molar-refractivity contribution in [2.75, 3.05) is 24.5 Å². The van der Waals surface area contributed by atoms with Crippen LogP contribution in [0.1, 0.15) is 38.4 Å². The molecule has 1 N–H and O–H groups in total. The molecule has 1 aliphatic rings. The van der Waals surface area contributed by atoms with Crippen molar-refractivity contribution < 1.29 is 0 Å². The Labute approximate surface area is 110 Å². The zero-order valence-electron chi connectivity index (χ0n) is 11.7. The largest absolute Gasteiger partial charge is 0.356 e. The molecule has 1 unspecified atom stereocenters. The maximum absolute atomic E-state index is 4.53. The summed E-state index contributed by atoms with van der Waals surface area (Å²) in [5, 5.41) is 3.42. The van der Waals surface area contributed by atoms with Crippen LogP contribution < -0.4 is 10.2 Å². The molecule has 1 aromatic heterocycles. The Morgan fingerprint density at radius 1 is 1.39 bits per heavy atom. The molecule has 1 atom stereocenters. The van der Waals surface area contributed by atoms with Crippen LogP contribution in [-0.2, 0) is 13.0 Å². The van der Waals surface area contributed by atoms with Crippen molar-refractivity contribution >= 4 is 5.82 Å². The number of hydrogen-bond donors (Lipinski definition) is 1. The van der Waals surface area contributed by atoms with E-state index in [0.29, 0.717) is 5.92 Å². The van der Waals surface area contributed by atoms with Crippen LogP contribution in [-0.4, -0.2) is 29.6 Å². The summed E-state index contributed by atoms with van der Waals surface area (Å²) >= 11 is 0. The van der Waals surface area contributed by atoms with Crippen LogP contribution in [0.4, 0.5) is 5.82 Å². The van der Waals surface area contributed by atoms with Gasteiger partial charge < -0.3 is 10.2 Å². The molecular formula is C14H24N4. The van der Waals surface area contributed by atoms with Crippen molar-refractivity contribution in [3.05, 3.63) is 17.6 Å². The second-order valence-electron chi connectivity index (χ2n) is 5.10. The fourth-order valence-electron chi connectivity index (χ4n) is 2.40. The predicted molar refractivity (Wildman–Crippen MR) is 74.8 cm³/mol. The molecule has 0 aromatic carbocycles. The van der Waals surface area contributed by atoms with Gasteiger partial charge in [0.15, 0.2) is 0 Å². The van der Waals surface area contributed by atoms with Gasteiger partial charge in [0.25, 0.3) is 0 Å². The van der Waals surface area contributed by atoms with Crippen LogP contribution in [0.2, 0.25) is 0 Å². The third kappa shape index (κ3) is 2.80. The highest BCUT2D eigenvalue weighted by atomic mass is 15.2. The molecule has 0 aliphatic carbocycles.